The van der Waals surface area contributed by atoms with Crippen molar-refractivity contribution in [2.45, 2.75) is 26.7 Å². The number of nitrogens with zero attached hydrogens (tertiary/aromatic N) is 3. The second kappa shape index (κ2) is 9.97. The smallest absolute Gasteiger partial charge is 0.216 e. The first-order chi connectivity index (χ1) is 14.1. The quantitative estimate of drug-likeness (QED) is 0.406. The van der Waals surface area contributed by atoms with Gasteiger partial charge in [0.15, 0.2) is 17.3 Å². The van der Waals surface area contributed by atoms with Crippen LogP contribution in [-0.2, 0) is 6.42 Å². The Balaban J connectivity index is 1.82. The first kappa shape index (κ1) is 20.7. The molecule has 0 saturated heterocycles. The molecule has 0 radical (unpaired) electrons. The second-order valence-corrected chi connectivity index (χ2v) is 6.68. The lowest BCUT2D eigenvalue weighted by molar-refractivity contribution is 0.277. The maximum atomic E-state index is 13.1. The van der Waals surface area contributed by atoms with Crippen LogP contribution in [-0.4, -0.2) is 34.3 Å². The standard InChI is InChI=1S/C21H23FN4O2S/c1-3-11-28-18-10-7-16(12-19(18)27-4-2)14-23-26-20(24-25-21(26)29)13-15-5-8-17(22)9-6-15/h5-10,12,14H,3-4,11,13H2,1-2H3,(H,25,29)/b23-14-. The molecular weight excluding hydrogens is 391 g/mol. The lowest BCUT2D eigenvalue weighted by atomic mass is 10.1. The van der Waals surface area contributed by atoms with E-state index in [1.54, 1.807) is 23.0 Å². The van der Waals surface area contributed by atoms with Crippen molar-refractivity contribution in [3.8, 4) is 11.5 Å². The van der Waals surface area contributed by atoms with Gasteiger partial charge < -0.3 is 9.47 Å². The lowest BCUT2D eigenvalue weighted by Crippen LogP contribution is -2.02. The Morgan fingerprint density at radius 1 is 1.14 bits per heavy atom. The van der Waals surface area contributed by atoms with Gasteiger partial charge in [-0.2, -0.15) is 14.9 Å². The highest BCUT2D eigenvalue weighted by molar-refractivity contribution is 7.71. The number of benzene rings is 2. The molecule has 0 aliphatic rings. The van der Waals surface area contributed by atoms with Gasteiger partial charge in [-0.25, -0.2) is 4.39 Å². The summed E-state index contributed by atoms with van der Waals surface area (Å²) >= 11 is 5.29. The molecule has 152 valence electrons. The molecule has 0 bridgehead atoms. The number of aromatic nitrogens is 3. The van der Waals surface area contributed by atoms with E-state index in [0.29, 0.717) is 41.7 Å². The van der Waals surface area contributed by atoms with Crippen LogP contribution in [0.1, 0.15) is 37.2 Å². The molecule has 0 fully saturated rings. The van der Waals surface area contributed by atoms with E-state index in [2.05, 4.69) is 22.2 Å². The van der Waals surface area contributed by atoms with Gasteiger partial charge >= 0.3 is 0 Å². The zero-order valence-corrected chi connectivity index (χ0v) is 17.2. The van der Waals surface area contributed by atoms with Crippen LogP contribution in [0.3, 0.4) is 0 Å². The number of aromatic amines is 1. The summed E-state index contributed by atoms with van der Waals surface area (Å²) in [6.07, 6.45) is 3.08. The van der Waals surface area contributed by atoms with E-state index >= 15 is 0 Å². The van der Waals surface area contributed by atoms with Gasteiger partial charge in [0, 0.05) is 6.42 Å². The molecule has 1 aromatic heterocycles. The summed E-state index contributed by atoms with van der Waals surface area (Å²) in [5.74, 6) is 1.74. The number of H-pyrrole nitrogens is 1. The Kier molecular flexibility index (Phi) is 7.13. The number of halogens is 1. The maximum Gasteiger partial charge on any atom is 0.216 e. The topological polar surface area (TPSA) is 64.4 Å². The monoisotopic (exact) mass is 414 g/mol. The maximum absolute atomic E-state index is 13.1. The molecule has 6 nitrogen and oxygen atoms in total. The Morgan fingerprint density at radius 3 is 2.66 bits per heavy atom. The summed E-state index contributed by atoms with van der Waals surface area (Å²) in [5, 5.41) is 11.5. The fourth-order valence-corrected chi connectivity index (χ4v) is 2.87. The molecule has 0 atom stereocenters. The van der Waals surface area contributed by atoms with Crippen LogP contribution >= 0.6 is 12.2 Å². The minimum absolute atomic E-state index is 0.276. The van der Waals surface area contributed by atoms with Crippen LogP contribution in [0.25, 0.3) is 0 Å². The number of hydrogen-bond acceptors (Lipinski definition) is 5. The van der Waals surface area contributed by atoms with E-state index in [0.717, 1.165) is 17.5 Å². The van der Waals surface area contributed by atoms with Crippen molar-refractivity contribution >= 4 is 18.4 Å². The largest absolute Gasteiger partial charge is 0.490 e. The summed E-state index contributed by atoms with van der Waals surface area (Å²) < 4.78 is 26.5. The van der Waals surface area contributed by atoms with E-state index < -0.39 is 0 Å². The van der Waals surface area contributed by atoms with Crippen LogP contribution in [0.4, 0.5) is 4.39 Å². The molecule has 0 unspecified atom stereocenters. The molecule has 8 heteroatoms. The molecule has 0 spiro atoms. The normalized spacial score (nSPS) is 11.1. The minimum Gasteiger partial charge on any atom is -0.490 e. The van der Waals surface area contributed by atoms with Gasteiger partial charge in [0.2, 0.25) is 4.77 Å². The van der Waals surface area contributed by atoms with Gasteiger partial charge in [0.1, 0.15) is 5.82 Å². The molecule has 0 saturated carbocycles. The first-order valence-electron chi connectivity index (χ1n) is 9.45. The molecule has 0 aliphatic heterocycles. The van der Waals surface area contributed by atoms with Crippen LogP contribution in [0.5, 0.6) is 11.5 Å². The number of ether oxygens (including phenoxy) is 2. The summed E-state index contributed by atoms with van der Waals surface area (Å²) in [7, 11) is 0. The molecule has 3 aromatic rings. The second-order valence-electron chi connectivity index (χ2n) is 6.29. The number of rotatable bonds is 9. The van der Waals surface area contributed by atoms with Gasteiger partial charge in [-0.3, -0.25) is 5.10 Å². The summed E-state index contributed by atoms with van der Waals surface area (Å²) in [4.78, 5) is 0. The van der Waals surface area contributed by atoms with Crippen LogP contribution in [0.15, 0.2) is 47.6 Å². The third kappa shape index (κ3) is 5.51. The van der Waals surface area contributed by atoms with E-state index in [1.807, 2.05) is 25.1 Å². The first-order valence-corrected chi connectivity index (χ1v) is 9.86. The van der Waals surface area contributed by atoms with Gasteiger partial charge in [-0.1, -0.05) is 19.1 Å². The third-order valence-electron chi connectivity index (χ3n) is 4.04. The summed E-state index contributed by atoms with van der Waals surface area (Å²) in [6, 6.07) is 11.9. The van der Waals surface area contributed by atoms with Gasteiger partial charge in [0.05, 0.1) is 19.4 Å². The highest BCUT2D eigenvalue weighted by Gasteiger charge is 2.08. The number of nitrogens with one attached hydrogen (secondary N) is 1. The molecule has 0 amide bonds. The number of hydrogen-bond donors (Lipinski definition) is 1. The molecule has 3 rings (SSSR count). The van der Waals surface area contributed by atoms with Crippen LogP contribution in [0, 0.1) is 10.6 Å². The van der Waals surface area contributed by atoms with Crippen molar-refractivity contribution in [1.29, 1.82) is 0 Å². The Morgan fingerprint density at radius 2 is 1.93 bits per heavy atom. The summed E-state index contributed by atoms with van der Waals surface area (Å²) in [5.41, 5.74) is 1.75. The van der Waals surface area contributed by atoms with E-state index in [-0.39, 0.29) is 5.82 Å². The summed E-state index contributed by atoms with van der Waals surface area (Å²) in [6.45, 7) is 5.15. The third-order valence-corrected chi connectivity index (χ3v) is 4.31. The van der Waals surface area contributed by atoms with Crippen molar-refractivity contribution in [3.63, 3.8) is 0 Å². The Bertz CT molecular complexity index is 1030. The van der Waals surface area contributed by atoms with Crippen molar-refractivity contribution in [2.75, 3.05) is 13.2 Å². The molecule has 0 aliphatic carbocycles. The van der Waals surface area contributed by atoms with Crippen molar-refractivity contribution in [2.24, 2.45) is 5.10 Å². The van der Waals surface area contributed by atoms with Gasteiger partial charge in [-0.15, -0.1) is 0 Å². The van der Waals surface area contributed by atoms with Crippen molar-refractivity contribution in [1.82, 2.24) is 14.9 Å². The highest BCUT2D eigenvalue weighted by atomic mass is 32.1. The average Bonchev–Trinajstić information content (AvgIpc) is 3.07. The van der Waals surface area contributed by atoms with E-state index in [1.165, 1.54) is 12.1 Å². The zero-order valence-electron chi connectivity index (χ0n) is 16.4. The van der Waals surface area contributed by atoms with E-state index in [9.17, 15) is 4.39 Å². The Labute approximate surface area is 174 Å². The highest BCUT2D eigenvalue weighted by Crippen LogP contribution is 2.28. The van der Waals surface area contributed by atoms with Crippen LogP contribution < -0.4 is 9.47 Å². The average molecular weight is 415 g/mol. The SMILES string of the molecule is CCCOc1ccc(/C=N\n2c(Cc3ccc(F)cc3)n[nH]c2=S)cc1OCC. The van der Waals surface area contributed by atoms with E-state index in [4.69, 9.17) is 21.7 Å². The zero-order chi connectivity index (χ0) is 20.6. The molecule has 2 aromatic carbocycles. The Hall–Kier alpha value is -3.00. The fourth-order valence-electron chi connectivity index (χ4n) is 2.67. The molecule has 1 N–H and O–H groups in total. The lowest BCUT2D eigenvalue weighted by Gasteiger charge is -2.11. The van der Waals surface area contributed by atoms with Crippen molar-refractivity contribution < 1.29 is 13.9 Å². The molecule has 1 heterocycles. The minimum atomic E-state index is -0.276. The fraction of sp³-hybridized carbons (Fsp3) is 0.286. The predicted octanol–water partition coefficient (Wildman–Crippen LogP) is 4.74. The molecular formula is C21H23FN4O2S. The van der Waals surface area contributed by atoms with Crippen molar-refractivity contribution in [3.05, 3.63) is 70.0 Å². The van der Waals surface area contributed by atoms with Crippen LogP contribution in [0.2, 0.25) is 0 Å². The molecule has 29 heavy (non-hydrogen) atoms. The predicted molar refractivity (Wildman–Crippen MR) is 113 cm³/mol. The van der Waals surface area contributed by atoms with Gasteiger partial charge in [-0.05, 0) is 67.0 Å². The van der Waals surface area contributed by atoms with Gasteiger partial charge in [0.25, 0.3) is 0 Å².